The van der Waals surface area contributed by atoms with Crippen LogP contribution in [-0.2, 0) is 4.79 Å². The van der Waals surface area contributed by atoms with Gasteiger partial charge < -0.3 is 5.11 Å². The third-order valence-electron chi connectivity index (χ3n) is 4.75. The Morgan fingerprint density at radius 3 is 2.52 bits per heavy atom. The summed E-state index contributed by atoms with van der Waals surface area (Å²) in [6.07, 6.45) is 1.79. The average Bonchev–Trinajstić information content (AvgIpc) is 3.02. The molecule has 1 aliphatic heterocycles. The molecule has 0 unspecified atom stereocenters. The molecule has 0 spiro atoms. The number of rotatable bonds is 5. The van der Waals surface area contributed by atoms with Crippen LogP contribution in [0.15, 0.2) is 77.7 Å². The number of thioether (sulfide) groups is 1. The van der Waals surface area contributed by atoms with Crippen molar-refractivity contribution in [2.24, 2.45) is 0 Å². The molecule has 2 N–H and O–H groups in total. The molecule has 7 heteroatoms. The van der Waals surface area contributed by atoms with Crippen LogP contribution in [0.2, 0.25) is 0 Å². The number of carboxylic acids is 1. The quantitative estimate of drug-likeness (QED) is 0.393. The summed E-state index contributed by atoms with van der Waals surface area (Å²) in [6.45, 7) is 2.05. The maximum Gasteiger partial charge on any atom is 0.337 e. The predicted molar refractivity (Wildman–Crippen MR) is 129 cm³/mol. The van der Waals surface area contributed by atoms with Crippen molar-refractivity contribution in [2.45, 2.75) is 6.92 Å². The number of nitrogens with zero attached hydrogens (tertiary/aromatic N) is 1. The van der Waals surface area contributed by atoms with Crippen molar-refractivity contribution in [1.29, 1.82) is 0 Å². The maximum absolute atomic E-state index is 12.9. The Labute approximate surface area is 189 Å². The molecule has 5 nitrogen and oxygen atoms in total. The second-order valence-electron chi connectivity index (χ2n) is 6.97. The second kappa shape index (κ2) is 8.75. The molecular formula is C24H18N2O3S2. The van der Waals surface area contributed by atoms with Crippen LogP contribution in [0.5, 0.6) is 0 Å². The highest BCUT2D eigenvalue weighted by molar-refractivity contribution is 8.26. The summed E-state index contributed by atoms with van der Waals surface area (Å²) in [5.74, 6) is -1.41. The molecule has 1 heterocycles. The van der Waals surface area contributed by atoms with Gasteiger partial charge in [0.2, 0.25) is 0 Å². The van der Waals surface area contributed by atoms with E-state index < -0.39 is 5.97 Å². The van der Waals surface area contributed by atoms with Crippen molar-refractivity contribution >= 4 is 51.9 Å². The van der Waals surface area contributed by atoms with E-state index >= 15 is 0 Å². The average molecular weight is 447 g/mol. The molecule has 0 aromatic heterocycles. The van der Waals surface area contributed by atoms with Crippen molar-refractivity contribution < 1.29 is 14.7 Å². The van der Waals surface area contributed by atoms with Gasteiger partial charge in [-0.2, -0.15) is 0 Å². The lowest BCUT2D eigenvalue weighted by Crippen LogP contribution is -2.34. The molecule has 0 atom stereocenters. The van der Waals surface area contributed by atoms with Crippen molar-refractivity contribution in [3.05, 3.63) is 94.4 Å². The molecule has 1 saturated heterocycles. The molecule has 31 heavy (non-hydrogen) atoms. The molecule has 1 aliphatic rings. The number of carbonyl (C=O) groups excluding carboxylic acids is 1. The Balaban J connectivity index is 1.59. The van der Waals surface area contributed by atoms with E-state index in [0.717, 1.165) is 16.7 Å². The van der Waals surface area contributed by atoms with Crippen LogP contribution < -0.4 is 5.43 Å². The van der Waals surface area contributed by atoms with Crippen LogP contribution in [0.3, 0.4) is 0 Å². The zero-order valence-corrected chi connectivity index (χ0v) is 18.2. The van der Waals surface area contributed by atoms with Crippen molar-refractivity contribution in [3.8, 4) is 11.1 Å². The predicted octanol–water partition coefficient (Wildman–Crippen LogP) is 5.59. The third kappa shape index (κ3) is 4.52. The number of amides is 1. The van der Waals surface area contributed by atoms with Crippen molar-refractivity contribution in [1.82, 2.24) is 5.01 Å². The van der Waals surface area contributed by atoms with Gasteiger partial charge in [0, 0.05) is 0 Å². The standard InChI is InChI=1S/C24H18N2O3S2/c1-15-9-11-17(12-10-15)18-6-4-5-16(13-18)14-21-22(27)26(24(30)31-21)25-20-8-3-2-7-19(20)23(28)29/h2-14,25H,1H3,(H,28,29)/b21-14+. The molecule has 3 aromatic rings. The minimum absolute atomic E-state index is 0.0614. The highest BCUT2D eigenvalue weighted by Gasteiger charge is 2.33. The SMILES string of the molecule is Cc1ccc(-c2cccc(/C=C3/SC(=S)N(Nc4ccccc4C(=O)O)C3=O)c2)cc1. The summed E-state index contributed by atoms with van der Waals surface area (Å²) in [5.41, 5.74) is 7.44. The maximum atomic E-state index is 12.9. The second-order valence-corrected chi connectivity index (χ2v) is 8.65. The lowest BCUT2D eigenvalue weighted by Gasteiger charge is -2.18. The number of hydrogen-bond donors (Lipinski definition) is 2. The zero-order chi connectivity index (χ0) is 22.0. The Hall–Kier alpha value is -3.42. The number of aryl methyl sites for hydroxylation is 1. The number of benzene rings is 3. The van der Waals surface area contributed by atoms with Crippen LogP contribution in [0.1, 0.15) is 21.5 Å². The summed E-state index contributed by atoms with van der Waals surface area (Å²) in [7, 11) is 0. The fourth-order valence-corrected chi connectivity index (χ4v) is 4.34. The van der Waals surface area contributed by atoms with Gasteiger partial charge in [0.05, 0.1) is 16.2 Å². The van der Waals surface area contributed by atoms with E-state index in [9.17, 15) is 14.7 Å². The Kier molecular flexibility index (Phi) is 5.88. The smallest absolute Gasteiger partial charge is 0.337 e. The van der Waals surface area contributed by atoms with Crippen LogP contribution in [0.4, 0.5) is 5.69 Å². The minimum atomic E-state index is -1.09. The molecule has 0 bridgehead atoms. The van der Waals surface area contributed by atoms with E-state index in [-0.39, 0.29) is 11.5 Å². The molecule has 3 aromatic carbocycles. The monoisotopic (exact) mass is 446 g/mol. The number of para-hydroxylation sites is 1. The van der Waals surface area contributed by atoms with Gasteiger partial charge in [-0.15, -0.1) is 0 Å². The Morgan fingerprint density at radius 2 is 1.77 bits per heavy atom. The number of thiocarbonyl (C=S) groups is 1. The van der Waals surface area contributed by atoms with E-state index in [2.05, 4.69) is 29.7 Å². The highest BCUT2D eigenvalue weighted by atomic mass is 32.2. The van der Waals surface area contributed by atoms with Gasteiger partial charge in [-0.05, 0) is 60.1 Å². The normalized spacial score (nSPS) is 14.9. The minimum Gasteiger partial charge on any atom is -0.478 e. The first-order valence-electron chi connectivity index (χ1n) is 9.46. The molecule has 154 valence electrons. The highest BCUT2D eigenvalue weighted by Crippen LogP contribution is 2.34. The van der Waals surface area contributed by atoms with E-state index in [1.807, 2.05) is 31.2 Å². The van der Waals surface area contributed by atoms with Crippen molar-refractivity contribution in [3.63, 3.8) is 0 Å². The molecule has 0 saturated carbocycles. The molecule has 1 fully saturated rings. The van der Waals surface area contributed by atoms with Gasteiger partial charge in [0.25, 0.3) is 5.91 Å². The number of anilines is 1. The zero-order valence-electron chi connectivity index (χ0n) is 16.5. The topological polar surface area (TPSA) is 69.6 Å². The van der Waals surface area contributed by atoms with Gasteiger partial charge >= 0.3 is 5.97 Å². The largest absolute Gasteiger partial charge is 0.478 e. The summed E-state index contributed by atoms with van der Waals surface area (Å²) in [6, 6.07) is 22.6. The van der Waals surface area contributed by atoms with Crippen LogP contribution in [0, 0.1) is 6.92 Å². The van der Waals surface area contributed by atoms with E-state index in [0.29, 0.717) is 14.9 Å². The number of carbonyl (C=O) groups is 2. The summed E-state index contributed by atoms with van der Waals surface area (Å²) >= 11 is 6.52. The first-order valence-corrected chi connectivity index (χ1v) is 10.7. The van der Waals surface area contributed by atoms with Gasteiger partial charge in [-0.25, -0.2) is 9.80 Å². The van der Waals surface area contributed by atoms with Gasteiger partial charge in [-0.1, -0.05) is 71.9 Å². The van der Waals surface area contributed by atoms with Crippen LogP contribution >= 0.6 is 24.0 Å². The molecule has 0 radical (unpaired) electrons. The van der Waals surface area contributed by atoms with E-state index in [1.165, 1.54) is 28.4 Å². The van der Waals surface area contributed by atoms with Gasteiger partial charge in [0.1, 0.15) is 0 Å². The molecular weight excluding hydrogens is 428 g/mol. The first kappa shape index (κ1) is 20.8. The summed E-state index contributed by atoms with van der Waals surface area (Å²) in [5, 5.41) is 10.6. The van der Waals surface area contributed by atoms with Crippen molar-refractivity contribution in [2.75, 3.05) is 5.43 Å². The fraction of sp³-hybridized carbons (Fsp3) is 0.0417. The Morgan fingerprint density at radius 1 is 1.03 bits per heavy atom. The van der Waals surface area contributed by atoms with Gasteiger partial charge in [-0.3, -0.25) is 10.2 Å². The number of hydrazine groups is 1. The number of nitrogens with one attached hydrogen (secondary N) is 1. The van der Waals surface area contributed by atoms with E-state index in [4.69, 9.17) is 12.2 Å². The summed E-state index contributed by atoms with van der Waals surface area (Å²) < 4.78 is 0.311. The lowest BCUT2D eigenvalue weighted by atomic mass is 10.0. The lowest BCUT2D eigenvalue weighted by molar-refractivity contribution is -0.121. The number of hydrogen-bond acceptors (Lipinski definition) is 5. The fourth-order valence-electron chi connectivity index (χ4n) is 3.16. The van der Waals surface area contributed by atoms with E-state index in [1.54, 1.807) is 24.3 Å². The molecule has 4 rings (SSSR count). The first-order chi connectivity index (χ1) is 14.9. The number of aromatic carboxylic acids is 1. The van der Waals surface area contributed by atoms with Crippen LogP contribution in [0.25, 0.3) is 17.2 Å². The molecule has 0 aliphatic carbocycles. The van der Waals surface area contributed by atoms with Crippen LogP contribution in [-0.4, -0.2) is 26.3 Å². The number of carboxylic acid groups (broad SMARTS) is 1. The summed E-state index contributed by atoms with van der Waals surface area (Å²) in [4.78, 5) is 24.8. The van der Waals surface area contributed by atoms with Gasteiger partial charge in [0.15, 0.2) is 4.32 Å². The third-order valence-corrected chi connectivity index (χ3v) is 6.05. The Bertz CT molecular complexity index is 1220. The molecule has 1 amide bonds.